The van der Waals surface area contributed by atoms with E-state index in [1.807, 2.05) is 0 Å². The van der Waals surface area contributed by atoms with Crippen molar-refractivity contribution in [3.05, 3.63) is 34.9 Å². The Bertz CT molecular complexity index is 351. The van der Waals surface area contributed by atoms with Crippen LogP contribution in [0.15, 0.2) is 18.2 Å². The van der Waals surface area contributed by atoms with Gasteiger partial charge in [0.15, 0.2) is 0 Å². The van der Waals surface area contributed by atoms with Crippen molar-refractivity contribution in [2.75, 3.05) is 0 Å². The molecule has 0 radical (unpaired) electrons. The van der Waals surface area contributed by atoms with E-state index in [1.54, 1.807) is 11.1 Å². The summed E-state index contributed by atoms with van der Waals surface area (Å²) in [5.74, 6) is 0.846. The van der Waals surface area contributed by atoms with Gasteiger partial charge in [0, 0.05) is 0 Å². The number of hydrogen-bond donors (Lipinski definition) is 0. The maximum atomic E-state index is 2.34. The molecule has 1 aliphatic carbocycles. The first-order valence-electron chi connectivity index (χ1n) is 6.10. The largest absolute Gasteiger partial charge is 0.0617 e. The summed E-state index contributed by atoms with van der Waals surface area (Å²) in [6.07, 6.45) is 4.21. The van der Waals surface area contributed by atoms with Crippen LogP contribution in [0.5, 0.6) is 0 Å². The van der Waals surface area contributed by atoms with Gasteiger partial charge in [-0.3, -0.25) is 0 Å². The molecule has 0 heterocycles. The molecule has 1 aromatic rings. The van der Waals surface area contributed by atoms with Gasteiger partial charge >= 0.3 is 0 Å². The minimum Gasteiger partial charge on any atom is -0.0617 e. The van der Waals surface area contributed by atoms with Crippen LogP contribution >= 0.6 is 0 Å². The Hall–Kier alpha value is -0.780. The van der Waals surface area contributed by atoms with E-state index in [-0.39, 0.29) is 5.41 Å². The smallest absolute Gasteiger partial charge is 0.0126 e. The van der Waals surface area contributed by atoms with Crippen LogP contribution in [0.2, 0.25) is 0 Å². The average Bonchev–Trinajstić information content (AvgIpc) is 1.97. The molecule has 1 aliphatic rings. The fourth-order valence-corrected chi connectivity index (χ4v) is 2.77. The fraction of sp³-hybridized carbons (Fsp3) is 0.600. The lowest BCUT2D eigenvalue weighted by atomic mass is 9.72. The summed E-state index contributed by atoms with van der Waals surface area (Å²) in [7, 11) is 0. The normalized spacial score (nSPS) is 17.6. The molecule has 0 amide bonds. The van der Waals surface area contributed by atoms with Crippen LogP contribution < -0.4 is 0 Å². The van der Waals surface area contributed by atoms with E-state index < -0.39 is 0 Å². The predicted octanol–water partition coefficient (Wildman–Crippen LogP) is 4.56. The van der Waals surface area contributed by atoms with E-state index in [2.05, 4.69) is 45.9 Å². The van der Waals surface area contributed by atoms with Crippen LogP contribution in [-0.4, -0.2) is 0 Å². The Morgan fingerprint density at radius 3 is 2.27 bits per heavy atom. The maximum absolute atomic E-state index is 2.34. The van der Waals surface area contributed by atoms with Crippen molar-refractivity contribution in [3.8, 4) is 0 Å². The van der Waals surface area contributed by atoms with Crippen molar-refractivity contribution < 1.29 is 0 Å². The van der Waals surface area contributed by atoms with Gasteiger partial charge in [0.2, 0.25) is 0 Å². The molecule has 82 valence electrons. The average molecular weight is 202 g/mol. The van der Waals surface area contributed by atoms with Crippen LogP contribution in [0, 0.1) is 6.92 Å². The lowest BCUT2D eigenvalue weighted by molar-refractivity contribution is 0.410. The Kier molecular flexibility index (Phi) is 2.62. The zero-order chi connectivity index (χ0) is 11.1. The van der Waals surface area contributed by atoms with Crippen molar-refractivity contribution in [2.45, 2.75) is 58.3 Å². The molecule has 0 unspecified atom stereocenters. The quantitative estimate of drug-likeness (QED) is 0.626. The third kappa shape index (κ3) is 1.95. The topological polar surface area (TPSA) is 0 Å². The van der Waals surface area contributed by atoms with Gasteiger partial charge < -0.3 is 0 Å². The van der Waals surface area contributed by atoms with E-state index in [0.717, 1.165) is 5.92 Å². The molecule has 0 spiro atoms. The summed E-state index contributed by atoms with van der Waals surface area (Å²) in [5.41, 5.74) is 4.96. The zero-order valence-corrected chi connectivity index (χ0v) is 10.4. The number of benzene rings is 1. The van der Waals surface area contributed by atoms with E-state index >= 15 is 0 Å². The molecule has 15 heavy (non-hydrogen) atoms. The first kappa shape index (κ1) is 10.7. The molecule has 1 saturated carbocycles. The Balaban J connectivity index is 2.48. The van der Waals surface area contributed by atoms with Crippen molar-refractivity contribution in [2.24, 2.45) is 0 Å². The molecule has 1 aromatic carbocycles. The molecule has 2 rings (SSSR count). The highest BCUT2D eigenvalue weighted by Gasteiger charge is 2.27. The first-order valence-corrected chi connectivity index (χ1v) is 6.10. The SMILES string of the molecule is Cc1cccc(C2CCC2)c1C(C)(C)C. The summed E-state index contributed by atoms with van der Waals surface area (Å²) in [6.45, 7) is 9.25. The number of rotatable bonds is 1. The van der Waals surface area contributed by atoms with Gasteiger partial charge in [0.05, 0.1) is 0 Å². The molecule has 0 atom stereocenters. The van der Waals surface area contributed by atoms with Crippen LogP contribution in [0.1, 0.15) is 62.6 Å². The van der Waals surface area contributed by atoms with Crippen LogP contribution in [0.25, 0.3) is 0 Å². The second kappa shape index (κ2) is 3.66. The summed E-state index contributed by atoms with van der Waals surface area (Å²) in [6, 6.07) is 6.82. The summed E-state index contributed by atoms with van der Waals surface area (Å²) < 4.78 is 0. The molecule has 0 N–H and O–H groups in total. The number of aryl methyl sites for hydroxylation is 1. The third-order valence-corrected chi connectivity index (χ3v) is 3.60. The highest BCUT2D eigenvalue weighted by molar-refractivity contribution is 5.42. The third-order valence-electron chi connectivity index (χ3n) is 3.60. The van der Waals surface area contributed by atoms with E-state index in [0.29, 0.717) is 0 Å². The second-order valence-corrected chi connectivity index (χ2v) is 5.92. The molecule has 0 heteroatoms. The Labute approximate surface area is 93.7 Å². The van der Waals surface area contributed by atoms with E-state index in [1.165, 1.54) is 24.8 Å². The zero-order valence-electron chi connectivity index (χ0n) is 10.4. The molecule has 0 aromatic heterocycles. The van der Waals surface area contributed by atoms with Gasteiger partial charge in [-0.05, 0) is 47.8 Å². The predicted molar refractivity (Wildman–Crippen MR) is 66.5 cm³/mol. The second-order valence-electron chi connectivity index (χ2n) is 5.92. The molecule has 0 nitrogen and oxygen atoms in total. The standard InChI is InChI=1S/C15H22/c1-11-7-5-10-13(12-8-6-9-12)14(11)15(2,3)4/h5,7,10,12H,6,8-9H2,1-4H3. The fourth-order valence-electron chi connectivity index (χ4n) is 2.77. The van der Waals surface area contributed by atoms with Gasteiger partial charge in [0.1, 0.15) is 0 Å². The van der Waals surface area contributed by atoms with Gasteiger partial charge in [-0.25, -0.2) is 0 Å². The van der Waals surface area contributed by atoms with Crippen LogP contribution in [0.4, 0.5) is 0 Å². The monoisotopic (exact) mass is 202 g/mol. The molecule has 1 fully saturated rings. The van der Waals surface area contributed by atoms with Gasteiger partial charge in [0.25, 0.3) is 0 Å². The van der Waals surface area contributed by atoms with Crippen molar-refractivity contribution in [1.29, 1.82) is 0 Å². The summed E-state index contributed by atoms with van der Waals surface area (Å²) >= 11 is 0. The van der Waals surface area contributed by atoms with Gasteiger partial charge in [-0.1, -0.05) is 45.4 Å². The van der Waals surface area contributed by atoms with E-state index in [9.17, 15) is 0 Å². The number of hydrogen-bond acceptors (Lipinski definition) is 0. The lowest BCUT2D eigenvalue weighted by Gasteiger charge is -2.33. The van der Waals surface area contributed by atoms with Crippen LogP contribution in [0.3, 0.4) is 0 Å². The molecule has 0 bridgehead atoms. The molecular formula is C15H22. The van der Waals surface area contributed by atoms with Crippen LogP contribution in [-0.2, 0) is 5.41 Å². The minimum absolute atomic E-state index is 0.288. The van der Waals surface area contributed by atoms with E-state index in [4.69, 9.17) is 0 Å². The van der Waals surface area contributed by atoms with Gasteiger partial charge in [-0.15, -0.1) is 0 Å². The van der Waals surface area contributed by atoms with Crippen molar-refractivity contribution in [1.82, 2.24) is 0 Å². The minimum atomic E-state index is 0.288. The maximum Gasteiger partial charge on any atom is -0.0126 e. The molecular weight excluding hydrogens is 180 g/mol. The van der Waals surface area contributed by atoms with Crippen molar-refractivity contribution >= 4 is 0 Å². The van der Waals surface area contributed by atoms with Gasteiger partial charge in [-0.2, -0.15) is 0 Å². The molecule has 0 saturated heterocycles. The Morgan fingerprint density at radius 2 is 1.80 bits per heavy atom. The molecule has 0 aliphatic heterocycles. The summed E-state index contributed by atoms with van der Waals surface area (Å²) in [4.78, 5) is 0. The highest BCUT2D eigenvalue weighted by atomic mass is 14.3. The first-order chi connectivity index (χ1) is 7.00. The lowest BCUT2D eigenvalue weighted by Crippen LogP contribution is -2.20. The Morgan fingerprint density at radius 1 is 1.13 bits per heavy atom. The highest BCUT2D eigenvalue weighted by Crippen LogP contribution is 2.42. The van der Waals surface area contributed by atoms with Crippen molar-refractivity contribution in [3.63, 3.8) is 0 Å². The summed E-state index contributed by atoms with van der Waals surface area (Å²) in [5, 5.41) is 0.